The van der Waals surface area contributed by atoms with Crippen molar-refractivity contribution in [2.24, 2.45) is 11.8 Å². The number of rotatable bonds is 10. The van der Waals surface area contributed by atoms with Crippen molar-refractivity contribution >= 4 is 103 Å². The second-order valence-corrected chi connectivity index (χ2v) is 20.8. The van der Waals surface area contributed by atoms with Gasteiger partial charge >= 0.3 is 0 Å². The quantitative estimate of drug-likeness (QED) is 0.130. The van der Waals surface area contributed by atoms with E-state index in [2.05, 4.69) is 56.8 Å². The van der Waals surface area contributed by atoms with Gasteiger partial charge in [0, 0.05) is 47.1 Å². The molecule has 8 aromatic rings. The number of hydrogen-bond acceptors (Lipinski definition) is 16. The fourth-order valence-corrected chi connectivity index (χ4v) is 10.4. The van der Waals surface area contributed by atoms with E-state index in [1.54, 1.807) is 58.3 Å². The Morgan fingerprint density at radius 1 is 0.672 bits per heavy atom. The van der Waals surface area contributed by atoms with E-state index in [1.165, 1.54) is 58.3 Å². The predicted octanol–water partition coefficient (Wildman–Crippen LogP) is 11.1. The van der Waals surface area contributed by atoms with Crippen LogP contribution in [0.25, 0.3) is 32.4 Å². The van der Waals surface area contributed by atoms with Crippen LogP contribution in [0.4, 0.5) is 20.7 Å². The van der Waals surface area contributed by atoms with Crippen molar-refractivity contribution < 1.29 is 18.6 Å². The van der Waals surface area contributed by atoms with Gasteiger partial charge in [-0.05, 0) is 123 Å². The highest BCUT2D eigenvalue weighted by atomic mass is 35.5. The van der Waals surface area contributed by atoms with E-state index < -0.39 is 0 Å². The number of aliphatic hydroxyl groups is 1. The molecule has 2 aliphatic rings. The minimum absolute atomic E-state index is 0.0187. The molecule has 6 aromatic heterocycles. The monoisotopic (exact) mass is 1040 g/mol. The van der Waals surface area contributed by atoms with Gasteiger partial charge in [0.25, 0.3) is 5.19 Å². The van der Waals surface area contributed by atoms with E-state index in [9.17, 15) is 13.9 Å². The maximum Gasteiger partial charge on any atom is 0.294 e. The summed E-state index contributed by atoms with van der Waals surface area (Å²) in [6.45, 7) is 7.47. The molecule has 2 atom stereocenters. The molecule has 23 heteroatoms. The van der Waals surface area contributed by atoms with Gasteiger partial charge in [0.05, 0.1) is 64.7 Å². The summed E-state index contributed by atoms with van der Waals surface area (Å²) in [5.74, 6) is 1.69. The molecule has 8 heterocycles. The summed E-state index contributed by atoms with van der Waals surface area (Å²) in [5.41, 5.74) is 2.07. The molecule has 14 nitrogen and oxygen atoms in total. The fourth-order valence-electron chi connectivity index (χ4n) is 7.67. The number of piperidine rings is 2. The molecule has 352 valence electrons. The zero-order valence-corrected chi connectivity index (χ0v) is 42.2. The Bertz CT molecular complexity index is 2820. The molecule has 67 heavy (non-hydrogen) atoms. The van der Waals surface area contributed by atoms with Crippen molar-refractivity contribution in [2.75, 3.05) is 48.5 Å². The van der Waals surface area contributed by atoms with E-state index in [0.717, 1.165) is 67.6 Å². The first-order valence-corrected chi connectivity index (χ1v) is 26.4. The molecular weight excluding hydrogens is 1000 g/mol. The van der Waals surface area contributed by atoms with E-state index >= 15 is 0 Å². The molecule has 0 aliphatic carbocycles. The molecule has 0 unspecified atom stereocenters. The zero-order valence-electron chi connectivity index (χ0n) is 36.6. The average Bonchev–Trinajstić information content (AvgIpc) is 4.10. The summed E-state index contributed by atoms with van der Waals surface area (Å²) in [5, 5.41) is 19.7. The lowest BCUT2D eigenvalue weighted by molar-refractivity contribution is 0.109. The molecule has 0 saturated carbocycles. The van der Waals surface area contributed by atoms with Crippen LogP contribution in [-0.4, -0.2) is 105 Å². The molecule has 0 spiro atoms. The number of anilines is 2. The largest absolute Gasteiger partial charge is 0.466 e. The van der Waals surface area contributed by atoms with Gasteiger partial charge in [0.1, 0.15) is 17.7 Å². The van der Waals surface area contributed by atoms with Crippen molar-refractivity contribution in [3.05, 3.63) is 99.7 Å². The number of thioether (sulfide) groups is 2. The highest BCUT2D eigenvalue weighted by Gasteiger charge is 2.28. The lowest BCUT2D eigenvalue weighted by Gasteiger charge is -2.34. The SMILES string of the molecule is CSc1ccc(-c2cn3nc(Cl)sc3n2)c(F)c1.CSc1ccc(-c2cn3nc(O[C@@H](C)C4CCN(c5ncc(Cl)cn5)CC4)sc3n2)c(F)c1.C[C@H](O)C1CCN(c2ncc(Cl)cn2)CC1. The molecule has 2 saturated heterocycles. The normalized spacial score (nSPS) is 15.6. The first-order chi connectivity index (χ1) is 32.3. The van der Waals surface area contributed by atoms with Crippen LogP contribution in [0, 0.1) is 23.5 Å². The summed E-state index contributed by atoms with van der Waals surface area (Å²) in [7, 11) is 0. The summed E-state index contributed by atoms with van der Waals surface area (Å²) < 4.78 is 38.2. The average molecular weight is 1050 g/mol. The Balaban J connectivity index is 0.000000150. The Morgan fingerprint density at radius 3 is 1.54 bits per heavy atom. The zero-order chi connectivity index (χ0) is 47.2. The van der Waals surface area contributed by atoms with Crippen molar-refractivity contribution in [1.29, 1.82) is 0 Å². The van der Waals surface area contributed by atoms with E-state index in [4.69, 9.17) is 39.5 Å². The maximum atomic E-state index is 14.4. The van der Waals surface area contributed by atoms with Crippen LogP contribution in [0.1, 0.15) is 39.5 Å². The minimum Gasteiger partial charge on any atom is -0.466 e. The third kappa shape index (κ3) is 12.3. The number of ether oxygens (including phenoxy) is 1. The van der Waals surface area contributed by atoms with E-state index in [0.29, 0.717) is 69.9 Å². The van der Waals surface area contributed by atoms with Gasteiger partial charge in [0.2, 0.25) is 26.3 Å². The first kappa shape index (κ1) is 49.0. The molecule has 10 rings (SSSR count). The number of imidazole rings is 2. The maximum absolute atomic E-state index is 14.4. The number of halogens is 5. The molecule has 0 radical (unpaired) electrons. The van der Waals surface area contributed by atoms with E-state index in [1.807, 2.05) is 31.6 Å². The number of aromatic nitrogens is 10. The predicted molar refractivity (Wildman–Crippen MR) is 267 cm³/mol. The van der Waals surface area contributed by atoms with Gasteiger partial charge in [-0.2, -0.15) is 0 Å². The van der Waals surface area contributed by atoms with Crippen molar-refractivity contribution in [3.63, 3.8) is 0 Å². The van der Waals surface area contributed by atoms with Crippen LogP contribution in [-0.2, 0) is 0 Å². The Hall–Kier alpha value is -4.41. The Kier molecular flexibility index (Phi) is 16.4. The number of hydrogen-bond donors (Lipinski definition) is 1. The highest BCUT2D eigenvalue weighted by Crippen LogP contribution is 2.33. The van der Waals surface area contributed by atoms with Crippen LogP contribution in [0.2, 0.25) is 14.5 Å². The molecule has 2 fully saturated rings. The van der Waals surface area contributed by atoms with Crippen molar-refractivity contribution in [3.8, 4) is 27.7 Å². The third-order valence-corrected chi connectivity index (χ3v) is 15.1. The molecule has 1 N–H and O–H groups in total. The number of fused-ring (bicyclic) bond motifs is 2. The standard InChI is InChI=1S/C22H22ClFN6OS2.C11H7ClFN3S2.C11H16ClN3O/c1-13(14-5-7-29(8-6-14)20-25-10-15(23)11-26-20)31-22-28-30-12-19(27-21(30)33-22)17-4-3-16(32-2)9-18(17)24;1-17-6-2-3-7(8(13)4-6)9-5-16-11(14-9)18-10(12)15-16;1-8(16)9-2-4-15(5-3-9)11-13-6-10(12)7-14-11/h3-4,9-14H,5-8H2,1-2H3;2-5H,1H3;6-9,16H,2-5H2,1H3/t13-;;8-/m0.0/s1. The summed E-state index contributed by atoms with van der Waals surface area (Å²) in [6, 6.07) is 10.3. The topological polar surface area (TPSA) is 148 Å². The molecule has 0 amide bonds. The third-order valence-electron chi connectivity index (χ3n) is 11.4. The van der Waals surface area contributed by atoms with Crippen LogP contribution in [0.3, 0.4) is 0 Å². The van der Waals surface area contributed by atoms with E-state index in [-0.39, 0.29) is 23.8 Å². The van der Waals surface area contributed by atoms with Crippen LogP contribution < -0.4 is 14.5 Å². The number of aliphatic hydroxyl groups excluding tert-OH is 1. The molecule has 0 bridgehead atoms. The smallest absolute Gasteiger partial charge is 0.294 e. The van der Waals surface area contributed by atoms with Gasteiger partial charge < -0.3 is 19.6 Å². The fraction of sp³-hybridized carbons (Fsp3) is 0.364. The van der Waals surface area contributed by atoms with Crippen LogP contribution in [0.15, 0.2) is 83.4 Å². The van der Waals surface area contributed by atoms with Crippen molar-refractivity contribution in [1.82, 2.24) is 49.1 Å². The van der Waals surface area contributed by atoms with Gasteiger partial charge in [-0.3, -0.25) is 0 Å². The van der Waals surface area contributed by atoms with Gasteiger partial charge in [-0.25, -0.2) is 47.7 Å². The highest BCUT2D eigenvalue weighted by molar-refractivity contribution is 7.98. The van der Waals surface area contributed by atoms with Crippen molar-refractivity contribution in [2.45, 2.75) is 61.5 Å². The number of benzene rings is 2. The van der Waals surface area contributed by atoms with Crippen LogP contribution in [0.5, 0.6) is 5.19 Å². The summed E-state index contributed by atoms with van der Waals surface area (Å²) in [4.78, 5) is 33.3. The van der Waals surface area contributed by atoms with Gasteiger partial charge in [-0.1, -0.05) is 34.5 Å². The summed E-state index contributed by atoms with van der Waals surface area (Å²) >= 11 is 23.0. The van der Waals surface area contributed by atoms with Gasteiger partial charge in [0.15, 0.2) is 0 Å². The van der Waals surface area contributed by atoms with Crippen LogP contribution >= 0.6 is 81.0 Å². The molecule has 2 aliphatic heterocycles. The second-order valence-electron chi connectivity index (χ2n) is 15.7. The molecule has 2 aromatic carbocycles. The summed E-state index contributed by atoms with van der Waals surface area (Å²) in [6.07, 6.45) is 17.5. The lowest BCUT2D eigenvalue weighted by Crippen LogP contribution is -2.39. The minimum atomic E-state index is -0.284. The lowest BCUT2D eigenvalue weighted by atomic mass is 9.92. The Morgan fingerprint density at radius 2 is 1.12 bits per heavy atom. The first-order valence-electron chi connectivity index (χ1n) is 21.2. The second kappa shape index (κ2) is 22.3. The Labute approximate surface area is 417 Å². The molecular formula is C44H45Cl3F2N12O2S4. The van der Waals surface area contributed by atoms with Gasteiger partial charge in [-0.15, -0.1) is 33.7 Å². The number of nitrogens with zero attached hydrogens (tertiary/aromatic N) is 12.